The summed E-state index contributed by atoms with van der Waals surface area (Å²) in [4.78, 5) is 0. The highest BCUT2D eigenvalue weighted by atomic mass is 16.3. The van der Waals surface area contributed by atoms with Crippen LogP contribution < -0.4 is 0 Å². The molecule has 0 aromatic carbocycles. The first kappa shape index (κ1) is 9.52. The van der Waals surface area contributed by atoms with E-state index in [4.69, 9.17) is 11.5 Å². The lowest BCUT2D eigenvalue weighted by Crippen LogP contribution is -2.01. The second-order valence-corrected chi connectivity index (χ2v) is 2.53. The smallest absolute Gasteiger partial charge is 0.114 e. The first-order valence-corrected chi connectivity index (χ1v) is 3.95. The normalized spacial score (nSPS) is 12.5. The van der Waals surface area contributed by atoms with Gasteiger partial charge in [0.05, 0.1) is 0 Å². The molecule has 0 aliphatic heterocycles. The molecule has 0 heterocycles. The number of hydrogen-bond acceptors (Lipinski definition) is 1. The van der Waals surface area contributed by atoms with Gasteiger partial charge in [-0.25, -0.2) is 0 Å². The maximum absolute atomic E-state index is 8.92. The molecule has 0 unspecified atom stereocenters. The van der Waals surface area contributed by atoms with E-state index in [1.165, 1.54) is 19.3 Å². The molecule has 0 aliphatic carbocycles. The largest absolute Gasteiger partial charge is 0.380 e. The Morgan fingerprint density at radius 2 is 2.10 bits per heavy atom. The number of terminal acetylenes is 1. The van der Waals surface area contributed by atoms with Crippen molar-refractivity contribution >= 4 is 0 Å². The maximum Gasteiger partial charge on any atom is 0.114 e. The van der Waals surface area contributed by atoms with Gasteiger partial charge < -0.3 is 5.11 Å². The van der Waals surface area contributed by atoms with Crippen LogP contribution in [0, 0.1) is 12.3 Å². The Bertz CT molecular complexity index is 102. The van der Waals surface area contributed by atoms with E-state index in [2.05, 4.69) is 12.8 Å². The summed E-state index contributed by atoms with van der Waals surface area (Å²) in [5, 5.41) is 8.92. The summed E-state index contributed by atoms with van der Waals surface area (Å²) in [5.41, 5.74) is 0. The van der Waals surface area contributed by atoms with Gasteiger partial charge in [0.15, 0.2) is 0 Å². The van der Waals surface area contributed by atoms with Gasteiger partial charge in [-0.3, -0.25) is 0 Å². The molecule has 0 aromatic heterocycles. The highest BCUT2D eigenvalue weighted by molar-refractivity contribution is 4.92. The molecular weight excluding hydrogens is 124 g/mol. The summed E-state index contributed by atoms with van der Waals surface area (Å²) in [6.07, 6.45) is 9.95. The van der Waals surface area contributed by atoms with Crippen molar-refractivity contribution in [2.75, 3.05) is 0 Å². The molecule has 1 nitrogen and oxygen atoms in total. The van der Waals surface area contributed by atoms with Crippen LogP contribution in [-0.2, 0) is 0 Å². The molecule has 0 aliphatic rings. The van der Waals surface area contributed by atoms with Crippen molar-refractivity contribution in [2.45, 2.75) is 45.1 Å². The van der Waals surface area contributed by atoms with Gasteiger partial charge in [0.1, 0.15) is 6.10 Å². The Hall–Kier alpha value is -0.480. The van der Waals surface area contributed by atoms with Crippen LogP contribution in [0.4, 0.5) is 0 Å². The van der Waals surface area contributed by atoms with E-state index in [-0.39, 0.29) is 0 Å². The topological polar surface area (TPSA) is 20.2 Å². The maximum atomic E-state index is 8.92. The summed E-state index contributed by atoms with van der Waals surface area (Å²) in [6.45, 7) is 2.16. The monoisotopic (exact) mass is 140 g/mol. The molecule has 1 heteroatoms. The molecule has 0 amide bonds. The molecule has 0 bridgehead atoms. The average Bonchev–Trinajstić information content (AvgIpc) is 1.98. The van der Waals surface area contributed by atoms with E-state index in [1.807, 2.05) is 0 Å². The van der Waals surface area contributed by atoms with Crippen LogP contribution in [0.1, 0.15) is 39.0 Å². The molecule has 0 aromatic rings. The van der Waals surface area contributed by atoms with Crippen LogP contribution in [0.5, 0.6) is 0 Å². The Balaban J connectivity index is 2.98. The molecule has 0 saturated carbocycles. The Morgan fingerprint density at radius 1 is 1.40 bits per heavy atom. The SMILES string of the molecule is C#C[C@@H](O)CCCCCC. The third kappa shape index (κ3) is 5.65. The molecule has 58 valence electrons. The minimum absolute atomic E-state index is 0.517. The van der Waals surface area contributed by atoms with Crippen LogP contribution in [0.3, 0.4) is 0 Å². The summed E-state index contributed by atoms with van der Waals surface area (Å²) in [7, 11) is 0. The molecule has 10 heavy (non-hydrogen) atoms. The minimum Gasteiger partial charge on any atom is -0.380 e. The van der Waals surface area contributed by atoms with Crippen molar-refractivity contribution in [3.8, 4) is 12.3 Å². The molecular formula is C9H16O. The quantitative estimate of drug-likeness (QED) is 0.457. The summed E-state index contributed by atoms with van der Waals surface area (Å²) >= 11 is 0. The fourth-order valence-electron chi connectivity index (χ4n) is 0.848. The zero-order valence-corrected chi connectivity index (χ0v) is 6.64. The first-order valence-electron chi connectivity index (χ1n) is 3.95. The van der Waals surface area contributed by atoms with E-state index in [9.17, 15) is 0 Å². The number of hydrogen-bond donors (Lipinski definition) is 1. The predicted molar refractivity (Wildman–Crippen MR) is 43.6 cm³/mol. The van der Waals surface area contributed by atoms with E-state index in [1.54, 1.807) is 0 Å². The summed E-state index contributed by atoms with van der Waals surface area (Å²) in [5.74, 6) is 2.30. The second kappa shape index (κ2) is 6.64. The highest BCUT2D eigenvalue weighted by Crippen LogP contribution is 2.04. The van der Waals surface area contributed by atoms with Crippen LogP contribution in [0.15, 0.2) is 0 Å². The summed E-state index contributed by atoms with van der Waals surface area (Å²) in [6, 6.07) is 0. The van der Waals surface area contributed by atoms with Crippen LogP contribution >= 0.6 is 0 Å². The zero-order chi connectivity index (χ0) is 7.82. The zero-order valence-electron chi connectivity index (χ0n) is 6.64. The van der Waals surface area contributed by atoms with Gasteiger partial charge in [0, 0.05) is 0 Å². The fourth-order valence-corrected chi connectivity index (χ4v) is 0.848. The molecule has 0 fully saturated rings. The van der Waals surface area contributed by atoms with Gasteiger partial charge in [-0.1, -0.05) is 32.1 Å². The van der Waals surface area contributed by atoms with E-state index in [0.29, 0.717) is 0 Å². The number of aliphatic hydroxyl groups is 1. The summed E-state index contributed by atoms with van der Waals surface area (Å²) < 4.78 is 0. The van der Waals surface area contributed by atoms with Gasteiger partial charge in [-0.05, 0) is 12.8 Å². The van der Waals surface area contributed by atoms with Crippen molar-refractivity contribution in [3.63, 3.8) is 0 Å². The van der Waals surface area contributed by atoms with Crippen LogP contribution in [0.2, 0.25) is 0 Å². The lowest BCUT2D eigenvalue weighted by molar-refractivity contribution is 0.217. The van der Waals surface area contributed by atoms with Crippen molar-refractivity contribution < 1.29 is 5.11 Å². The van der Waals surface area contributed by atoms with Gasteiger partial charge in [0.25, 0.3) is 0 Å². The molecule has 0 spiro atoms. The third-order valence-corrected chi connectivity index (χ3v) is 1.52. The van der Waals surface area contributed by atoms with Crippen LogP contribution in [-0.4, -0.2) is 11.2 Å². The number of aliphatic hydroxyl groups excluding tert-OH is 1. The van der Waals surface area contributed by atoms with E-state index >= 15 is 0 Å². The second-order valence-electron chi connectivity index (χ2n) is 2.53. The van der Waals surface area contributed by atoms with E-state index < -0.39 is 6.10 Å². The first-order chi connectivity index (χ1) is 4.81. The third-order valence-electron chi connectivity index (χ3n) is 1.52. The molecule has 0 radical (unpaired) electrons. The van der Waals surface area contributed by atoms with E-state index in [0.717, 1.165) is 12.8 Å². The molecule has 0 saturated heterocycles. The molecule has 1 N–H and O–H groups in total. The van der Waals surface area contributed by atoms with Crippen molar-refractivity contribution in [3.05, 3.63) is 0 Å². The molecule has 1 atom stereocenters. The number of unbranched alkanes of at least 4 members (excludes halogenated alkanes) is 3. The van der Waals surface area contributed by atoms with Crippen LogP contribution in [0.25, 0.3) is 0 Å². The Kier molecular flexibility index (Phi) is 6.32. The molecule has 0 rings (SSSR count). The van der Waals surface area contributed by atoms with Gasteiger partial charge in [-0.2, -0.15) is 0 Å². The highest BCUT2D eigenvalue weighted by Gasteiger charge is 1.96. The minimum atomic E-state index is -0.517. The Labute approximate surface area is 63.5 Å². The average molecular weight is 140 g/mol. The van der Waals surface area contributed by atoms with Gasteiger partial charge >= 0.3 is 0 Å². The van der Waals surface area contributed by atoms with Crippen molar-refractivity contribution in [2.24, 2.45) is 0 Å². The predicted octanol–water partition coefficient (Wildman–Crippen LogP) is 1.95. The van der Waals surface area contributed by atoms with Gasteiger partial charge in [0.2, 0.25) is 0 Å². The fraction of sp³-hybridized carbons (Fsp3) is 0.778. The van der Waals surface area contributed by atoms with Gasteiger partial charge in [-0.15, -0.1) is 6.42 Å². The van der Waals surface area contributed by atoms with Crippen molar-refractivity contribution in [1.82, 2.24) is 0 Å². The lowest BCUT2D eigenvalue weighted by Gasteiger charge is -2.00. The standard InChI is InChI=1S/C9H16O/c1-3-5-6-7-8-9(10)4-2/h2,9-10H,3,5-8H2,1H3/t9-/m1/s1. The Morgan fingerprint density at radius 3 is 2.60 bits per heavy atom. The number of rotatable bonds is 5. The van der Waals surface area contributed by atoms with Crippen molar-refractivity contribution in [1.29, 1.82) is 0 Å². The lowest BCUT2D eigenvalue weighted by atomic mass is 10.1.